The molecule has 0 aliphatic carbocycles. The van der Waals surface area contributed by atoms with Crippen molar-refractivity contribution in [2.75, 3.05) is 6.61 Å². The quantitative estimate of drug-likeness (QED) is 0.686. The normalized spacial score (nSPS) is 15.7. The molecule has 2 rings (SSSR count). The predicted octanol–water partition coefficient (Wildman–Crippen LogP) is 4.16. The van der Waals surface area contributed by atoms with Gasteiger partial charge in [0.25, 0.3) is 5.92 Å². The Balaban J connectivity index is 2.34. The van der Waals surface area contributed by atoms with Gasteiger partial charge < -0.3 is 9.84 Å². The molecule has 0 saturated carbocycles. The minimum atomic E-state index is -3.55. The van der Waals surface area contributed by atoms with Gasteiger partial charge in [-0.3, -0.25) is 0 Å². The Morgan fingerprint density at radius 1 is 1.04 bits per heavy atom. The lowest BCUT2D eigenvalue weighted by Crippen LogP contribution is -2.58. The van der Waals surface area contributed by atoms with Crippen LogP contribution in [0.15, 0.2) is 54.6 Å². The van der Waals surface area contributed by atoms with Crippen LogP contribution in [0.25, 0.3) is 0 Å². The van der Waals surface area contributed by atoms with Gasteiger partial charge in [0.15, 0.2) is 0 Å². The lowest BCUT2D eigenvalue weighted by atomic mass is 9.86. The van der Waals surface area contributed by atoms with Crippen LogP contribution in [0.4, 0.5) is 8.78 Å². The first-order valence-corrected chi connectivity index (χ1v) is 10.1. The molecular weight excluding hydrogens is 384 g/mol. The Morgan fingerprint density at radius 2 is 1.68 bits per heavy atom. The first kappa shape index (κ1) is 22.5. The highest BCUT2D eigenvalue weighted by molar-refractivity contribution is 7.84. The Hall–Kier alpha value is -1.83. The average Bonchev–Trinajstić information content (AvgIpc) is 2.66. The fourth-order valence-electron chi connectivity index (χ4n) is 2.48. The van der Waals surface area contributed by atoms with E-state index in [0.717, 1.165) is 5.56 Å². The van der Waals surface area contributed by atoms with Crippen molar-refractivity contribution in [2.24, 2.45) is 0 Å². The number of nitrogens with one attached hydrogen (secondary N) is 1. The topological polar surface area (TPSA) is 58.6 Å². The molecular formula is C21H27F2NO3S. The van der Waals surface area contributed by atoms with Gasteiger partial charge in [0.1, 0.15) is 24.5 Å². The highest BCUT2D eigenvalue weighted by atomic mass is 32.2. The number of benzene rings is 2. The Bertz CT molecular complexity index is 809. The number of halogens is 2. The monoisotopic (exact) mass is 411 g/mol. The van der Waals surface area contributed by atoms with Crippen molar-refractivity contribution in [3.63, 3.8) is 0 Å². The summed E-state index contributed by atoms with van der Waals surface area (Å²) in [4.78, 5) is 0. The highest BCUT2D eigenvalue weighted by Crippen LogP contribution is 2.39. The van der Waals surface area contributed by atoms with E-state index in [1.165, 1.54) is 19.1 Å². The largest absolute Gasteiger partial charge is 0.489 e. The van der Waals surface area contributed by atoms with Crippen LogP contribution in [0.3, 0.4) is 0 Å². The van der Waals surface area contributed by atoms with E-state index in [-0.39, 0.29) is 5.56 Å². The third kappa shape index (κ3) is 5.16. The lowest BCUT2D eigenvalue weighted by Gasteiger charge is -2.39. The number of hydrogen-bond donors (Lipinski definition) is 2. The summed E-state index contributed by atoms with van der Waals surface area (Å²) in [5.41, 5.74) is -0.926. The maximum Gasteiger partial charge on any atom is 0.293 e. The lowest BCUT2D eigenvalue weighted by molar-refractivity contribution is -0.113. The van der Waals surface area contributed by atoms with Gasteiger partial charge in [-0.2, -0.15) is 0 Å². The Morgan fingerprint density at radius 3 is 2.25 bits per heavy atom. The molecule has 0 amide bonds. The van der Waals surface area contributed by atoms with Crippen LogP contribution in [0, 0.1) is 0 Å². The number of aliphatic hydroxyl groups excluding tert-OH is 1. The van der Waals surface area contributed by atoms with E-state index in [4.69, 9.17) is 4.74 Å². The summed E-state index contributed by atoms with van der Waals surface area (Å²) in [7, 11) is -1.78. The molecule has 2 aromatic carbocycles. The Labute approximate surface area is 167 Å². The Kier molecular flexibility index (Phi) is 6.96. The van der Waals surface area contributed by atoms with Crippen LogP contribution in [-0.4, -0.2) is 26.6 Å². The molecule has 0 aliphatic rings. The van der Waals surface area contributed by atoms with E-state index < -0.39 is 33.8 Å². The van der Waals surface area contributed by atoms with E-state index in [1.54, 1.807) is 32.9 Å². The van der Waals surface area contributed by atoms with E-state index in [9.17, 15) is 18.1 Å². The second-order valence-electron chi connectivity index (χ2n) is 7.77. The van der Waals surface area contributed by atoms with Crippen LogP contribution in [0.2, 0.25) is 0 Å². The number of hydrogen-bond acceptors (Lipinski definition) is 3. The van der Waals surface area contributed by atoms with Crippen LogP contribution in [0.1, 0.15) is 38.8 Å². The molecule has 0 aliphatic heterocycles. The maximum atomic E-state index is 14.7. The third-order valence-corrected chi connectivity index (χ3v) is 6.15. The van der Waals surface area contributed by atoms with E-state index in [2.05, 4.69) is 4.72 Å². The van der Waals surface area contributed by atoms with Gasteiger partial charge in [-0.25, -0.2) is 17.7 Å². The predicted molar refractivity (Wildman–Crippen MR) is 108 cm³/mol. The van der Waals surface area contributed by atoms with E-state index in [0.29, 0.717) is 12.4 Å². The molecule has 0 heterocycles. The summed E-state index contributed by atoms with van der Waals surface area (Å²) in [6, 6.07) is 15.7. The molecule has 7 heteroatoms. The van der Waals surface area contributed by atoms with Crippen LogP contribution < -0.4 is 9.46 Å². The summed E-state index contributed by atoms with van der Waals surface area (Å²) >= 11 is 0. The molecule has 2 atom stereocenters. The molecule has 154 valence electrons. The summed E-state index contributed by atoms with van der Waals surface area (Å²) in [5, 5.41) is 9.31. The van der Waals surface area contributed by atoms with Gasteiger partial charge in [0.05, 0.1) is 15.7 Å². The molecule has 4 nitrogen and oxygen atoms in total. The molecule has 2 aromatic rings. The van der Waals surface area contributed by atoms with Crippen molar-refractivity contribution in [1.82, 2.24) is 4.72 Å². The van der Waals surface area contributed by atoms with Crippen molar-refractivity contribution in [1.29, 1.82) is 0 Å². The third-order valence-electron chi connectivity index (χ3n) is 4.44. The second-order valence-corrected chi connectivity index (χ2v) is 9.74. The molecule has 2 N–H and O–H groups in total. The van der Waals surface area contributed by atoms with Crippen molar-refractivity contribution in [3.8, 4) is 5.75 Å². The molecule has 0 spiro atoms. The summed E-state index contributed by atoms with van der Waals surface area (Å²) in [6.45, 7) is 5.21. The second kappa shape index (κ2) is 8.68. The molecule has 0 fully saturated rings. The number of alkyl halides is 2. The number of aliphatic hydroxyl groups is 1. The van der Waals surface area contributed by atoms with Crippen molar-refractivity contribution in [2.45, 2.75) is 50.5 Å². The standard InChI is InChI=1S/C21H27F2NO3S/c1-19(2,3)28(26)24-20(4,21(22,23)15-25)17-11-8-12-18(13-17)27-14-16-9-6-5-7-10-16/h5-13,24-25H,14-15H2,1-4H3/t20-,28-/m1/s1. The molecule has 0 aromatic heterocycles. The van der Waals surface area contributed by atoms with Gasteiger partial charge in [-0.05, 0) is 51.0 Å². The number of ether oxygens (including phenoxy) is 1. The molecule has 0 radical (unpaired) electrons. The summed E-state index contributed by atoms with van der Waals surface area (Å²) in [5.74, 6) is -3.14. The fourth-order valence-corrected chi connectivity index (χ4v) is 3.42. The maximum absolute atomic E-state index is 14.7. The fraction of sp³-hybridized carbons (Fsp3) is 0.429. The van der Waals surface area contributed by atoms with Crippen molar-refractivity contribution < 1.29 is 22.8 Å². The van der Waals surface area contributed by atoms with Crippen LogP contribution >= 0.6 is 0 Å². The molecule has 0 unspecified atom stereocenters. The minimum absolute atomic E-state index is 0.176. The van der Waals surface area contributed by atoms with Crippen molar-refractivity contribution >= 4 is 11.0 Å². The minimum Gasteiger partial charge on any atom is -0.489 e. The van der Waals surface area contributed by atoms with Gasteiger partial charge in [0, 0.05) is 0 Å². The highest BCUT2D eigenvalue weighted by Gasteiger charge is 2.52. The summed E-state index contributed by atoms with van der Waals surface area (Å²) in [6.07, 6.45) is 0. The molecule has 28 heavy (non-hydrogen) atoms. The van der Waals surface area contributed by atoms with Gasteiger partial charge in [-0.1, -0.05) is 42.5 Å². The summed E-state index contributed by atoms with van der Waals surface area (Å²) < 4.78 is 49.6. The first-order chi connectivity index (χ1) is 13.0. The van der Waals surface area contributed by atoms with Gasteiger partial charge in [-0.15, -0.1) is 0 Å². The van der Waals surface area contributed by atoms with E-state index >= 15 is 0 Å². The zero-order valence-electron chi connectivity index (χ0n) is 16.5. The van der Waals surface area contributed by atoms with E-state index in [1.807, 2.05) is 30.3 Å². The zero-order valence-corrected chi connectivity index (χ0v) is 17.4. The average molecular weight is 412 g/mol. The molecule has 0 saturated heterocycles. The molecule has 0 bridgehead atoms. The SMILES string of the molecule is CC(C)(C)[S@@](=O)N[C@](C)(c1cccc(OCc2ccccc2)c1)C(F)(F)CO. The van der Waals surface area contributed by atoms with Crippen LogP contribution in [0.5, 0.6) is 5.75 Å². The number of rotatable bonds is 8. The van der Waals surface area contributed by atoms with Gasteiger partial charge in [0.2, 0.25) is 0 Å². The van der Waals surface area contributed by atoms with Crippen molar-refractivity contribution in [3.05, 3.63) is 65.7 Å². The van der Waals surface area contributed by atoms with Gasteiger partial charge >= 0.3 is 0 Å². The van der Waals surface area contributed by atoms with Crippen LogP contribution in [-0.2, 0) is 23.1 Å². The first-order valence-electron chi connectivity index (χ1n) is 8.95. The smallest absolute Gasteiger partial charge is 0.293 e. The zero-order chi connectivity index (χ0) is 21.0.